The van der Waals surface area contributed by atoms with Gasteiger partial charge in [-0.15, -0.1) is 0 Å². The number of phenolic OH excluding ortho intramolecular Hbond substituents is 1. The van der Waals surface area contributed by atoms with Crippen LogP contribution in [0.2, 0.25) is 0 Å². The summed E-state index contributed by atoms with van der Waals surface area (Å²) >= 11 is 0. The van der Waals surface area contributed by atoms with E-state index in [1.54, 1.807) is 19.1 Å². The van der Waals surface area contributed by atoms with Crippen molar-refractivity contribution >= 4 is 22.8 Å². The maximum Gasteiger partial charge on any atom is 0.209 e. The Morgan fingerprint density at radius 1 is 1.30 bits per heavy atom. The highest BCUT2D eigenvalue weighted by Crippen LogP contribution is 2.41. The van der Waals surface area contributed by atoms with Gasteiger partial charge in [0.1, 0.15) is 0 Å². The normalized spacial score (nSPS) is 16.2. The predicted octanol–water partition coefficient (Wildman–Crippen LogP) is 4.02. The van der Waals surface area contributed by atoms with Gasteiger partial charge in [-0.3, -0.25) is 9.36 Å². The average Bonchev–Trinajstić information content (AvgIpc) is 3.00. The molecule has 1 aliphatic rings. The Labute approximate surface area is 157 Å². The number of aromatic nitrogens is 2. The number of allylic oxidation sites excluding steroid dienone is 2. The minimum Gasteiger partial charge on any atom is -0.504 e. The summed E-state index contributed by atoms with van der Waals surface area (Å²) in [6, 6.07) is 12.7. The van der Waals surface area contributed by atoms with Crippen LogP contribution in [0.1, 0.15) is 32.4 Å². The second kappa shape index (κ2) is 6.46. The first-order chi connectivity index (χ1) is 13.0. The summed E-state index contributed by atoms with van der Waals surface area (Å²) in [6.07, 6.45) is 0. The standard InChI is InChI=1S/C21H21N3O3/c1-4-27-18-11-14(9-10-17(18)26)20-19(13(3)25)12(2)22-21-23-15-7-5-6-8-16(15)24(20)21/h5-11,20,26H,4H2,1-3H3,(H,22,23)/t20-/m1/s1. The van der Waals surface area contributed by atoms with Crippen molar-refractivity contribution in [2.24, 2.45) is 0 Å². The number of imidazole rings is 1. The van der Waals surface area contributed by atoms with Crippen LogP contribution in [-0.2, 0) is 4.79 Å². The molecule has 2 N–H and O–H groups in total. The molecule has 0 saturated heterocycles. The summed E-state index contributed by atoms with van der Waals surface area (Å²) in [7, 11) is 0. The average molecular weight is 363 g/mol. The molecular weight excluding hydrogens is 342 g/mol. The number of Topliss-reactive ketones (excluding diaryl/α,β-unsaturated/α-hetero) is 1. The zero-order valence-corrected chi connectivity index (χ0v) is 15.5. The van der Waals surface area contributed by atoms with E-state index in [0.29, 0.717) is 23.9 Å². The minimum absolute atomic E-state index is 0.0144. The van der Waals surface area contributed by atoms with Crippen molar-refractivity contribution in [3.8, 4) is 11.5 Å². The van der Waals surface area contributed by atoms with Gasteiger partial charge in [-0.25, -0.2) is 4.98 Å². The second-order valence-electron chi connectivity index (χ2n) is 6.58. The number of nitrogens with one attached hydrogen (secondary N) is 1. The molecule has 4 rings (SSSR count). The van der Waals surface area contributed by atoms with Gasteiger partial charge in [0.05, 0.1) is 23.7 Å². The second-order valence-corrected chi connectivity index (χ2v) is 6.58. The van der Waals surface area contributed by atoms with Crippen LogP contribution in [0.15, 0.2) is 53.7 Å². The fraction of sp³-hybridized carbons (Fsp3) is 0.238. The molecule has 6 heteroatoms. The number of fused-ring (bicyclic) bond motifs is 3. The van der Waals surface area contributed by atoms with Crippen LogP contribution in [0, 0.1) is 0 Å². The molecule has 0 aliphatic carbocycles. The van der Waals surface area contributed by atoms with Crippen LogP contribution in [0.5, 0.6) is 11.5 Å². The topological polar surface area (TPSA) is 76.4 Å². The largest absolute Gasteiger partial charge is 0.504 e. The number of aromatic hydroxyl groups is 1. The lowest BCUT2D eigenvalue weighted by Gasteiger charge is -2.30. The summed E-state index contributed by atoms with van der Waals surface area (Å²) < 4.78 is 7.59. The molecule has 0 saturated carbocycles. The maximum atomic E-state index is 12.5. The highest BCUT2D eigenvalue weighted by Gasteiger charge is 2.32. The lowest BCUT2D eigenvalue weighted by atomic mass is 9.92. The van der Waals surface area contributed by atoms with Crippen LogP contribution in [0.3, 0.4) is 0 Å². The van der Waals surface area contributed by atoms with Gasteiger partial charge in [0.15, 0.2) is 17.3 Å². The lowest BCUT2D eigenvalue weighted by Crippen LogP contribution is -2.27. The Bertz CT molecular complexity index is 1080. The summed E-state index contributed by atoms with van der Waals surface area (Å²) in [5.41, 5.74) is 4.08. The fourth-order valence-electron chi connectivity index (χ4n) is 3.71. The van der Waals surface area contributed by atoms with Crippen LogP contribution >= 0.6 is 0 Å². The molecule has 3 aromatic rings. The Morgan fingerprint density at radius 3 is 2.81 bits per heavy atom. The van der Waals surface area contributed by atoms with Crippen molar-refractivity contribution in [2.75, 3.05) is 11.9 Å². The number of ether oxygens (including phenoxy) is 1. The van der Waals surface area contributed by atoms with Crippen molar-refractivity contribution in [3.63, 3.8) is 0 Å². The van der Waals surface area contributed by atoms with E-state index >= 15 is 0 Å². The van der Waals surface area contributed by atoms with Crippen molar-refractivity contribution in [1.82, 2.24) is 9.55 Å². The Balaban J connectivity index is 1.99. The van der Waals surface area contributed by atoms with Gasteiger partial charge >= 0.3 is 0 Å². The first-order valence-corrected chi connectivity index (χ1v) is 8.92. The zero-order valence-electron chi connectivity index (χ0n) is 15.5. The van der Waals surface area contributed by atoms with E-state index in [2.05, 4.69) is 10.3 Å². The van der Waals surface area contributed by atoms with Gasteiger partial charge in [-0.05, 0) is 50.6 Å². The molecule has 1 atom stereocenters. The number of hydrogen-bond acceptors (Lipinski definition) is 5. The van der Waals surface area contributed by atoms with Crippen LogP contribution in [-0.4, -0.2) is 27.0 Å². The van der Waals surface area contributed by atoms with Crippen molar-refractivity contribution in [1.29, 1.82) is 0 Å². The number of phenols is 1. The number of carbonyl (C=O) groups is 1. The monoisotopic (exact) mass is 363 g/mol. The molecule has 1 aliphatic heterocycles. The van der Waals surface area contributed by atoms with Crippen LogP contribution in [0.4, 0.5) is 5.95 Å². The first-order valence-electron chi connectivity index (χ1n) is 8.92. The number of benzene rings is 2. The predicted molar refractivity (Wildman–Crippen MR) is 104 cm³/mol. The summed E-state index contributed by atoms with van der Waals surface area (Å²) in [5, 5.41) is 13.3. The molecular formula is C21H21N3O3. The van der Waals surface area contributed by atoms with Gasteiger partial charge in [0.2, 0.25) is 5.95 Å². The molecule has 0 bridgehead atoms. The number of ketones is 1. The van der Waals surface area contributed by atoms with Crippen molar-refractivity contribution in [2.45, 2.75) is 26.8 Å². The molecule has 0 fully saturated rings. The van der Waals surface area contributed by atoms with Crippen LogP contribution in [0.25, 0.3) is 11.0 Å². The molecule has 6 nitrogen and oxygen atoms in total. The fourth-order valence-corrected chi connectivity index (χ4v) is 3.71. The van der Waals surface area contributed by atoms with E-state index in [1.165, 1.54) is 0 Å². The van der Waals surface area contributed by atoms with Crippen molar-refractivity contribution in [3.05, 3.63) is 59.3 Å². The highest BCUT2D eigenvalue weighted by molar-refractivity contribution is 5.97. The molecule has 27 heavy (non-hydrogen) atoms. The number of nitrogens with zero attached hydrogens (tertiary/aromatic N) is 2. The quantitative estimate of drug-likeness (QED) is 0.732. The summed E-state index contributed by atoms with van der Waals surface area (Å²) in [6.45, 7) is 5.76. The summed E-state index contributed by atoms with van der Waals surface area (Å²) in [5.74, 6) is 1.16. The lowest BCUT2D eigenvalue weighted by molar-refractivity contribution is -0.114. The van der Waals surface area contributed by atoms with E-state index in [-0.39, 0.29) is 17.6 Å². The van der Waals surface area contributed by atoms with Gasteiger partial charge in [-0.1, -0.05) is 18.2 Å². The summed E-state index contributed by atoms with van der Waals surface area (Å²) in [4.78, 5) is 17.2. The molecule has 1 aromatic heterocycles. The minimum atomic E-state index is -0.356. The molecule has 0 amide bonds. The van der Waals surface area contributed by atoms with E-state index in [9.17, 15) is 9.90 Å². The number of hydrogen-bond donors (Lipinski definition) is 2. The maximum absolute atomic E-state index is 12.5. The third-order valence-corrected chi connectivity index (χ3v) is 4.81. The first kappa shape index (κ1) is 17.1. The molecule has 2 heterocycles. The van der Waals surface area contributed by atoms with Gasteiger partial charge in [0.25, 0.3) is 0 Å². The Morgan fingerprint density at radius 2 is 2.07 bits per heavy atom. The van der Waals surface area contributed by atoms with Crippen LogP contribution < -0.4 is 10.1 Å². The van der Waals surface area contributed by atoms with Gasteiger partial charge < -0.3 is 15.2 Å². The number of anilines is 1. The number of rotatable bonds is 4. The van der Waals surface area contributed by atoms with E-state index in [4.69, 9.17) is 4.74 Å². The third-order valence-electron chi connectivity index (χ3n) is 4.81. The Kier molecular flexibility index (Phi) is 4.11. The van der Waals surface area contributed by atoms with E-state index in [0.717, 1.165) is 22.3 Å². The van der Waals surface area contributed by atoms with Gasteiger partial charge in [0, 0.05) is 11.3 Å². The van der Waals surface area contributed by atoms with E-state index < -0.39 is 0 Å². The van der Waals surface area contributed by atoms with Crippen molar-refractivity contribution < 1.29 is 14.6 Å². The molecule has 0 unspecified atom stereocenters. The molecule has 2 aromatic carbocycles. The SMILES string of the molecule is CCOc1cc([C@@H]2C(C(C)=O)=C(C)Nc3nc4ccccc4n32)ccc1O. The number of carbonyl (C=O) groups excluding carboxylic acids is 1. The molecule has 0 radical (unpaired) electrons. The van der Waals surface area contributed by atoms with E-state index in [1.807, 2.05) is 48.7 Å². The zero-order chi connectivity index (χ0) is 19.1. The number of para-hydroxylation sites is 2. The highest BCUT2D eigenvalue weighted by atomic mass is 16.5. The molecule has 0 spiro atoms. The smallest absolute Gasteiger partial charge is 0.209 e. The van der Waals surface area contributed by atoms with Gasteiger partial charge in [-0.2, -0.15) is 0 Å². The Hall–Kier alpha value is -3.28. The third kappa shape index (κ3) is 2.73. The molecule has 138 valence electrons.